The van der Waals surface area contributed by atoms with E-state index in [1.165, 1.54) is 9.47 Å². The number of hydrogen-bond donors (Lipinski definition) is 1. The number of nitrogens with zero attached hydrogens (tertiary/aromatic N) is 5. The Morgan fingerprint density at radius 2 is 1.69 bits per heavy atom. The number of aromatic nitrogens is 4. The lowest BCUT2D eigenvalue weighted by atomic mass is 9.93. The Balaban J connectivity index is 1.47. The topological polar surface area (TPSA) is 102 Å². The summed E-state index contributed by atoms with van der Waals surface area (Å²) in [6.45, 7) is 1.70. The molecule has 1 N–H and O–H groups in total. The van der Waals surface area contributed by atoms with Gasteiger partial charge in [-0.05, 0) is 37.5 Å². The zero-order chi connectivity index (χ0) is 22.5. The highest BCUT2D eigenvalue weighted by molar-refractivity contribution is 6.06. The Morgan fingerprint density at radius 1 is 0.969 bits per heavy atom. The van der Waals surface area contributed by atoms with Gasteiger partial charge in [-0.1, -0.05) is 42.5 Å². The van der Waals surface area contributed by atoms with E-state index in [2.05, 4.69) is 15.5 Å². The molecule has 3 amide bonds. The van der Waals surface area contributed by atoms with Gasteiger partial charge in [-0.15, -0.1) is 10.2 Å². The first-order chi connectivity index (χ1) is 15.4. The van der Waals surface area contributed by atoms with E-state index in [-0.39, 0.29) is 18.0 Å². The summed E-state index contributed by atoms with van der Waals surface area (Å²) in [7, 11) is 1.62. The summed E-state index contributed by atoms with van der Waals surface area (Å²) in [6.07, 6.45) is 1.15. The molecule has 1 aliphatic heterocycles. The quantitative estimate of drug-likeness (QED) is 0.488. The minimum absolute atomic E-state index is 0.0467. The molecule has 2 aromatic heterocycles. The van der Waals surface area contributed by atoms with Crippen LogP contribution in [-0.2, 0) is 24.8 Å². The third-order valence-electron chi connectivity index (χ3n) is 6.09. The van der Waals surface area contributed by atoms with Crippen LogP contribution in [0.4, 0.5) is 4.79 Å². The fourth-order valence-corrected chi connectivity index (χ4v) is 4.24. The molecular weight excluding hydrogens is 408 g/mol. The molecule has 1 fully saturated rings. The Bertz CT molecular complexity index is 1420. The molecule has 32 heavy (non-hydrogen) atoms. The van der Waals surface area contributed by atoms with Crippen molar-refractivity contribution in [2.75, 3.05) is 0 Å². The fourth-order valence-electron chi connectivity index (χ4n) is 4.24. The minimum Gasteiger partial charge on any atom is -0.323 e. The van der Waals surface area contributed by atoms with E-state index in [0.717, 1.165) is 5.56 Å². The van der Waals surface area contributed by atoms with Gasteiger partial charge in [0.2, 0.25) is 5.78 Å². The number of hydrogen-bond acceptors (Lipinski definition) is 5. The van der Waals surface area contributed by atoms with Crippen molar-refractivity contribution in [1.82, 2.24) is 29.4 Å². The van der Waals surface area contributed by atoms with Gasteiger partial charge < -0.3 is 5.32 Å². The number of carbonyl (C=O) groups is 2. The normalized spacial score (nSPS) is 18.6. The molecule has 3 heterocycles. The number of rotatable bonds is 5. The highest BCUT2D eigenvalue weighted by Gasteiger charge is 2.47. The third kappa shape index (κ3) is 3.05. The molecule has 9 heteroatoms. The molecule has 1 unspecified atom stereocenters. The van der Waals surface area contributed by atoms with Crippen molar-refractivity contribution in [2.45, 2.75) is 31.8 Å². The van der Waals surface area contributed by atoms with Crippen LogP contribution in [0.25, 0.3) is 16.7 Å². The van der Waals surface area contributed by atoms with E-state index in [1.54, 1.807) is 36.6 Å². The SMILES string of the molecule is Cn1c(=O)c2ccccc2n2c(CN3C(=O)NC(C)(CCc4ccccc4)C3=O)nnc12. The molecular formula is C23H22N6O3. The molecule has 1 atom stereocenters. The molecule has 0 spiro atoms. The highest BCUT2D eigenvalue weighted by Crippen LogP contribution is 2.25. The van der Waals surface area contributed by atoms with Gasteiger partial charge >= 0.3 is 6.03 Å². The number of amides is 3. The van der Waals surface area contributed by atoms with Gasteiger partial charge in [0.1, 0.15) is 5.54 Å². The molecule has 2 aromatic carbocycles. The molecule has 9 nitrogen and oxygen atoms in total. The van der Waals surface area contributed by atoms with Crippen LogP contribution in [0.1, 0.15) is 24.7 Å². The van der Waals surface area contributed by atoms with E-state index in [1.807, 2.05) is 36.4 Å². The first kappa shape index (κ1) is 19.9. The third-order valence-corrected chi connectivity index (χ3v) is 6.09. The fraction of sp³-hybridized carbons (Fsp3) is 0.261. The summed E-state index contributed by atoms with van der Waals surface area (Å²) in [6, 6.07) is 16.5. The second-order valence-corrected chi connectivity index (χ2v) is 8.27. The summed E-state index contributed by atoms with van der Waals surface area (Å²) >= 11 is 0. The zero-order valence-electron chi connectivity index (χ0n) is 17.8. The van der Waals surface area contributed by atoms with Gasteiger partial charge in [0.15, 0.2) is 5.82 Å². The summed E-state index contributed by atoms with van der Waals surface area (Å²) in [4.78, 5) is 39.8. The van der Waals surface area contributed by atoms with Crippen LogP contribution in [0.15, 0.2) is 59.4 Å². The number of aryl methyl sites for hydroxylation is 2. The standard InChI is InChI=1S/C23H22N6O3/c1-23(13-12-15-8-4-3-5-9-15)20(31)28(22(32)24-23)14-18-25-26-21-27(2)19(30)16-10-6-7-11-17(16)29(18)21/h3-11H,12-14H2,1-2H3,(H,24,32). The van der Waals surface area contributed by atoms with Gasteiger partial charge in [0.05, 0.1) is 17.4 Å². The van der Waals surface area contributed by atoms with E-state index in [4.69, 9.17) is 0 Å². The highest BCUT2D eigenvalue weighted by atomic mass is 16.2. The summed E-state index contributed by atoms with van der Waals surface area (Å²) in [5.74, 6) is 0.453. The Labute approximate surface area is 183 Å². The van der Waals surface area contributed by atoms with E-state index in [0.29, 0.717) is 35.3 Å². The average Bonchev–Trinajstić information content (AvgIpc) is 3.32. The first-order valence-corrected chi connectivity index (χ1v) is 10.4. The van der Waals surface area contributed by atoms with E-state index < -0.39 is 11.6 Å². The Hall–Kier alpha value is -4.01. The summed E-state index contributed by atoms with van der Waals surface area (Å²) in [5, 5.41) is 11.7. The van der Waals surface area contributed by atoms with Crippen molar-refractivity contribution in [3.63, 3.8) is 0 Å². The average molecular weight is 430 g/mol. The van der Waals surface area contributed by atoms with E-state index >= 15 is 0 Å². The van der Waals surface area contributed by atoms with Gasteiger partial charge in [0, 0.05) is 7.05 Å². The molecule has 1 saturated heterocycles. The molecule has 1 aliphatic rings. The van der Waals surface area contributed by atoms with Gasteiger partial charge in [-0.3, -0.25) is 23.5 Å². The largest absolute Gasteiger partial charge is 0.325 e. The van der Waals surface area contributed by atoms with Crippen molar-refractivity contribution in [3.8, 4) is 0 Å². The van der Waals surface area contributed by atoms with Crippen molar-refractivity contribution >= 4 is 28.6 Å². The predicted octanol–water partition coefficient (Wildman–Crippen LogP) is 2.02. The predicted molar refractivity (Wildman–Crippen MR) is 118 cm³/mol. The molecule has 0 saturated carbocycles. The second-order valence-electron chi connectivity index (χ2n) is 8.27. The molecule has 0 bridgehead atoms. The Kier molecular flexibility index (Phi) is 4.54. The molecule has 0 radical (unpaired) electrons. The van der Waals surface area contributed by atoms with Gasteiger partial charge in [0.25, 0.3) is 11.5 Å². The number of para-hydroxylation sites is 1. The van der Waals surface area contributed by atoms with Crippen molar-refractivity contribution in [2.24, 2.45) is 7.05 Å². The number of imide groups is 1. The molecule has 5 rings (SSSR count). The summed E-state index contributed by atoms with van der Waals surface area (Å²) in [5.41, 5.74) is 0.549. The lowest BCUT2D eigenvalue weighted by molar-refractivity contribution is -0.131. The number of carbonyl (C=O) groups excluding carboxylic acids is 2. The van der Waals surface area contributed by atoms with Crippen molar-refractivity contribution in [1.29, 1.82) is 0 Å². The monoisotopic (exact) mass is 430 g/mol. The maximum atomic E-state index is 13.2. The number of urea groups is 1. The number of fused-ring (bicyclic) bond motifs is 3. The summed E-state index contributed by atoms with van der Waals surface area (Å²) < 4.78 is 3.13. The molecule has 4 aromatic rings. The Morgan fingerprint density at radius 3 is 2.47 bits per heavy atom. The lowest BCUT2D eigenvalue weighted by Gasteiger charge is -2.21. The first-order valence-electron chi connectivity index (χ1n) is 10.4. The smallest absolute Gasteiger partial charge is 0.323 e. The number of benzene rings is 2. The molecule has 162 valence electrons. The maximum Gasteiger partial charge on any atom is 0.325 e. The number of nitrogens with one attached hydrogen (secondary N) is 1. The maximum absolute atomic E-state index is 13.2. The lowest BCUT2D eigenvalue weighted by Crippen LogP contribution is -2.44. The van der Waals surface area contributed by atoms with E-state index in [9.17, 15) is 14.4 Å². The van der Waals surface area contributed by atoms with Crippen LogP contribution in [0.2, 0.25) is 0 Å². The van der Waals surface area contributed by atoms with Crippen LogP contribution in [0.3, 0.4) is 0 Å². The van der Waals surface area contributed by atoms with Crippen LogP contribution in [-0.4, -0.2) is 41.5 Å². The van der Waals surface area contributed by atoms with Crippen LogP contribution < -0.4 is 10.9 Å². The van der Waals surface area contributed by atoms with Gasteiger partial charge in [-0.25, -0.2) is 4.79 Å². The van der Waals surface area contributed by atoms with Crippen LogP contribution >= 0.6 is 0 Å². The minimum atomic E-state index is -0.998. The zero-order valence-corrected chi connectivity index (χ0v) is 17.8. The van der Waals surface area contributed by atoms with Crippen molar-refractivity contribution < 1.29 is 9.59 Å². The molecule has 0 aliphatic carbocycles. The van der Waals surface area contributed by atoms with Crippen LogP contribution in [0, 0.1) is 0 Å². The second kappa shape index (κ2) is 7.30. The van der Waals surface area contributed by atoms with Gasteiger partial charge in [-0.2, -0.15) is 0 Å². The van der Waals surface area contributed by atoms with Crippen LogP contribution in [0.5, 0.6) is 0 Å². The van der Waals surface area contributed by atoms with Crippen molar-refractivity contribution in [3.05, 3.63) is 76.3 Å².